The molecule has 3 atom stereocenters. The lowest BCUT2D eigenvalue weighted by Crippen LogP contribution is -2.63. The van der Waals surface area contributed by atoms with E-state index in [1.165, 1.54) is 0 Å². The van der Waals surface area contributed by atoms with Crippen LogP contribution in [0.5, 0.6) is 5.75 Å². The van der Waals surface area contributed by atoms with Gasteiger partial charge in [0.15, 0.2) is 8.32 Å². The van der Waals surface area contributed by atoms with E-state index in [2.05, 4.69) is 20.8 Å². The highest BCUT2D eigenvalue weighted by atomic mass is 28.4. The number of carbonyl (C=O) groups excluding carboxylic acids is 1. The van der Waals surface area contributed by atoms with Crippen LogP contribution in [0.4, 0.5) is 22.0 Å². The van der Waals surface area contributed by atoms with Crippen LogP contribution in [-0.4, -0.2) is 19.9 Å². The summed E-state index contributed by atoms with van der Waals surface area (Å²) in [5.74, 6) is -14.2. The van der Waals surface area contributed by atoms with Crippen molar-refractivity contribution >= 4 is 14.3 Å². The number of carbonyl (C=O) groups is 1. The van der Waals surface area contributed by atoms with Gasteiger partial charge >= 0.3 is 5.97 Å². The third-order valence-corrected chi connectivity index (χ3v) is 11.3. The molecule has 3 nitrogen and oxygen atoms in total. The number of hydrogen-bond acceptors (Lipinski definition) is 3. The van der Waals surface area contributed by atoms with Crippen molar-refractivity contribution in [1.82, 2.24) is 0 Å². The molecule has 9 heteroatoms. The molecule has 2 saturated carbocycles. The van der Waals surface area contributed by atoms with Gasteiger partial charge in [0, 0.05) is 0 Å². The molecule has 2 fully saturated rings. The van der Waals surface area contributed by atoms with Crippen LogP contribution in [-0.2, 0) is 9.22 Å². The number of ether oxygens (including phenoxy) is 1. The van der Waals surface area contributed by atoms with Crippen LogP contribution in [0.1, 0.15) is 46.5 Å². The van der Waals surface area contributed by atoms with Crippen molar-refractivity contribution in [2.75, 3.05) is 0 Å². The molecular weight excluding hydrogens is 411 g/mol. The maximum absolute atomic E-state index is 13.9. The van der Waals surface area contributed by atoms with E-state index >= 15 is 0 Å². The summed E-state index contributed by atoms with van der Waals surface area (Å²) >= 11 is 0. The van der Waals surface area contributed by atoms with Gasteiger partial charge in [0.25, 0.3) is 0 Å². The zero-order valence-electron chi connectivity index (χ0n) is 17.1. The van der Waals surface area contributed by atoms with Crippen LogP contribution in [0.2, 0.25) is 18.1 Å². The maximum Gasteiger partial charge on any atom is 0.317 e. The van der Waals surface area contributed by atoms with E-state index < -0.39 is 60.6 Å². The second kappa shape index (κ2) is 7.04. The minimum absolute atomic E-state index is 0.116. The van der Waals surface area contributed by atoms with Gasteiger partial charge < -0.3 is 9.16 Å². The van der Waals surface area contributed by atoms with Gasteiger partial charge in [0.05, 0.1) is 11.5 Å². The number of fused-ring (bicyclic) bond motifs is 1. The summed E-state index contributed by atoms with van der Waals surface area (Å²) in [6, 6.07) is 0. The molecule has 0 saturated heterocycles. The molecular formula is C20H25F5O3Si. The molecule has 0 bridgehead atoms. The Morgan fingerprint density at radius 1 is 1.00 bits per heavy atom. The largest absolute Gasteiger partial charge is 0.420 e. The van der Waals surface area contributed by atoms with Gasteiger partial charge in [-0.2, -0.15) is 8.78 Å². The molecule has 1 aromatic carbocycles. The zero-order valence-corrected chi connectivity index (χ0v) is 18.1. The molecule has 3 rings (SSSR count). The zero-order chi connectivity index (χ0) is 21.9. The molecule has 0 aromatic heterocycles. The van der Waals surface area contributed by atoms with Crippen molar-refractivity contribution in [2.45, 2.75) is 70.2 Å². The van der Waals surface area contributed by atoms with E-state index in [4.69, 9.17) is 9.16 Å². The van der Waals surface area contributed by atoms with E-state index in [1.807, 2.05) is 13.1 Å². The summed E-state index contributed by atoms with van der Waals surface area (Å²) in [4.78, 5) is 12.7. The summed E-state index contributed by atoms with van der Waals surface area (Å²) in [5.41, 5.74) is -0.801. The standard InChI is InChI=1S/C20H25F5O3Si/c1-19(2,3)29(4,5)28-20-8-6-7-10(20)9-11(20)18(26)27-17-15(24)13(22)12(21)14(23)16(17)25/h10-11H,6-9H2,1-5H3/t10-,11-,20+/m0/s1. The summed E-state index contributed by atoms with van der Waals surface area (Å²) < 4.78 is 79.2. The van der Waals surface area contributed by atoms with Crippen LogP contribution < -0.4 is 4.74 Å². The van der Waals surface area contributed by atoms with E-state index in [0.29, 0.717) is 12.8 Å². The third-order valence-electron chi connectivity index (χ3n) is 6.83. The Bertz CT molecular complexity index is 822. The average molecular weight is 436 g/mol. The summed E-state index contributed by atoms with van der Waals surface area (Å²) in [5, 5.41) is -0.125. The van der Waals surface area contributed by atoms with Crippen molar-refractivity contribution in [3.8, 4) is 5.75 Å². The molecule has 0 radical (unpaired) electrons. The predicted molar refractivity (Wildman–Crippen MR) is 98.3 cm³/mol. The normalized spacial score (nSPS) is 26.8. The number of hydrogen-bond donors (Lipinski definition) is 0. The Morgan fingerprint density at radius 3 is 2.00 bits per heavy atom. The van der Waals surface area contributed by atoms with Crippen LogP contribution in [0.25, 0.3) is 0 Å². The van der Waals surface area contributed by atoms with Crippen molar-refractivity contribution in [3.05, 3.63) is 29.1 Å². The van der Waals surface area contributed by atoms with Crippen molar-refractivity contribution in [1.29, 1.82) is 0 Å². The lowest BCUT2D eigenvalue weighted by atomic mass is 9.63. The van der Waals surface area contributed by atoms with Crippen LogP contribution in [0.3, 0.4) is 0 Å². The van der Waals surface area contributed by atoms with Gasteiger partial charge in [-0.3, -0.25) is 4.79 Å². The second-order valence-corrected chi connectivity index (χ2v) is 14.2. The Balaban J connectivity index is 1.89. The Kier molecular flexibility index (Phi) is 5.39. The van der Waals surface area contributed by atoms with Crippen molar-refractivity contribution < 1.29 is 35.9 Å². The topological polar surface area (TPSA) is 35.5 Å². The molecule has 0 spiro atoms. The highest BCUT2D eigenvalue weighted by molar-refractivity contribution is 6.74. The smallest absolute Gasteiger partial charge is 0.317 e. The summed E-state index contributed by atoms with van der Waals surface area (Å²) in [6.45, 7) is 10.3. The van der Waals surface area contributed by atoms with Gasteiger partial charge in [0.2, 0.25) is 34.8 Å². The molecule has 0 heterocycles. The molecule has 2 aliphatic carbocycles. The van der Waals surface area contributed by atoms with Crippen LogP contribution >= 0.6 is 0 Å². The van der Waals surface area contributed by atoms with E-state index in [-0.39, 0.29) is 11.0 Å². The van der Waals surface area contributed by atoms with Crippen molar-refractivity contribution in [2.24, 2.45) is 11.8 Å². The molecule has 1 aromatic rings. The monoisotopic (exact) mass is 436 g/mol. The minimum Gasteiger partial charge on any atom is -0.420 e. The van der Waals surface area contributed by atoms with Gasteiger partial charge in [-0.1, -0.05) is 27.2 Å². The molecule has 0 aliphatic heterocycles. The fraction of sp³-hybridized carbons (Fsp3) is 0.650. The molecule has 2 aliphatic rings. The first-order valence-corrected chi connectivity index (χ1v) is 12.6. The number of benzene rings is 1. The van der Waals surface area contributed by atoms with Crippen LogP contribution in [0.15, 0.2) is 0 Å². The van der Waals surface area contributed by atoms with Gasteiger partial charge in [-0.25, -0.2) is 13.2 Å². The number of esters is 1. The highest BCUT2D eigenvalue weighted by Crippen LogP contribution is 2.59. The summed E-state index contributed by atoms with van der Waals surface area (Å²) in [7, 11) is -2.29. The Hall–Kier alpha value is -1.48. The second-order valence-electron chi connectivity index (χ2n) is 9.51. The first kappa shape index (κ1) is 22.2. The average Bonchev–Trinajstić information content (AvgIpc) is 2.90. The highest BCUT2D eigenvalue weighted by Gasteiger charge is 2.64. The van der Waals surface area contributed by atoms with Crippen LogP contribution in [0, 0.1) is 40.9 Å². The van der Waals surface area contributed by atoms with E-state index in [1.54, 1.807) is 0 Å². The van der Waals surface area contributed by atoms with E-state index in [0.717, 1.165) is 12.8 Å². The summed E-state index contributed by atoms with van der Waals surface area (Å²) in [6.07, 6.45) is 2.70. The SMILES string of the molecule is CC(C)(C)[Si](C)(C)O[C@]12CCC[C@H]1C[C@H]2C(=O)Oc1c(F)c(F)c(F)c(F)c1F. The minimum atomic E-state index is -2.29. The van der Waals surface area contributed by atoms with Crippen molar-refractivity contribution in [3.63, 3.8) is 0 Å². The molecule has 29 heavy (non-hydrogen) atoms. The predicted octanol–water partition coefficient (Wildman–Crippen LogP) is 5.87. The molecule has 162 valence electrons. The Labute approximate surface area is 167 Å². The van der Waals surface area contributed by atoms with Gasteiger partial charge in [0.1, 0.15) is 0 Å². The van der Waals surface area contributed by atoms with E-state index in [9.17, 15) is 26.7 Å². The molecule has 0 unspecified atom stereocenters. The molecule has 0 amide bonds. The maximum atomic E-state index is 13.9. The number of halogens is 5. The van der Waals surface area contributed by atoms with Gasteiger partial charge in [-0.05, 0) is 43.3 Å². The number of rotatable bonds is 4. The lowest BCUT2D eigenvalue weighted by molar-refractivity contribution is -0.171. The first-order valence-electron chi connectivity index (χ1n) is 9.66. The third kappa shape index (κ3) is 3.40. The lowest BCUT2D eigenvalue weighted by Gasteiger charge is -2.56. The fourth-order valence-corrected chi connectivity index (χ4v) is 5.82. The fourth-order valence-electron chi connectivity index (χ4n) is 4.15. The van der Waals surface area contributed by atoms with Gasteiger partial charge in [-0.15, -0.1) is 0 Å². The Morgan fingerprint density at radius 2 is 1.52 bits per heavy atom. The quantitative estimate of drug-likeness (QED) is 0.148. The molecule has 0 N–H and O–H groups in total. The first-order chi connectivity index (χ1) is 13.2.